The van der Waals surface area contributed by atoms with Gasteiger partial charge in [-0.2, -0.15) is 0 Å². The van der Waals surface area contributed by atoms with Crippen LogP contribution in [0.5, 0.6) is 0 Å². The Bertz CT molecular complexity index is 415. The van der Waals surface area contributed by atoms with Crippen molar-refractivity contribution in [2.45, 2.75) is 26.2 Å². The smallest absolute Gasteiger partial charge is 0.272 e. The van der Waals surface area contributed by atoms with Crippen LogP contribution in [0.1, 0.15) is 36.7 Å². The third-order valence-electron chi connectivity index (χ3n) is 3.60. The van der Waals surface area contributed by atoms with Crippen molar-refractivity contribution in [2.75, 3.05) is 25.5 Å². The average molecular weight is 247 g/mol. The minimum absolute atomic E-state index is 0.0431. The van der Waals surface area contributed by atoms with Gasteiger partial charge < -0.3 is 10.2 Å². The summed E-state index contributed by atoms with van der Waals surface area (Å²) in [5, 5.41) is 2.96. The Hall–Kier alpha value is -1.58. The van der Waals surface area contributed by atoms with E-state index in [9.17, 15) is 4.79 Å². The van der Waals surface area contributed by atoms with Crippen LogP contribution in [0, 0.1) is 5.92 Å². The van der Waals surface area contributed by atoms with Crippen molar-refractivity contribution < 1.29 is 4.79 Å². The first-order chi connectivity index (χ1) is 8.74. The largest absolute Gasteiger partial charge is 0.373 e. The summed E-state index contributed by atoms with van der Waals surface area (Å²) >= 11 is 0. The highest BCUT2D eigenvalue weighted by Gasteiger charge is 2.23. The second-order valence-electron chi connectivity index (χ2n) is 4.80. The zero-order valence-electron chi connectivity index (χ0n) is 11.1. The topological polar surface area (TPSA) is 45.2 Å². The maximum atomic E-state index is 12.4. The Balaban J connectivity index is 2.06. The molecule has 1 N–H and O–H groups in total. The van der Waals surface area contributed by atoms with Crippen LogP contribution < -0.4 is 5.32 Å². The van der Waals surface area contributed by atoms with Gasteiger partial charge in [-0.05, 0) is 37.8 Å². The van der Waals surface area contributed by atoms with Gasteiger partial charge in [-0.15, -0.1) is 0 Å². The molecule has 4 nitrogen and oxygen atoms in total. The van der Waals surface area contributed by atoms with Crippen molar-refractivity contribution in [3.8, 4) is 0 Å². The van der Waals surface area contributed by atoms with Crippen molar-refractivity contribution in [3.05, 3.63) is 23.9 Å². The predicted octanol–water partition coefficient (Wildman–Crippen LogP) is 2.39. The number of hydrogen-bond acceptors (Lipinski definition) is 3. The second-order valence-corrected chi connectivity index (χ2v) is 4.80. The molecular formula is C14H21N3O. The van der Waals surface area contributed by atoms with Crippen LogP contribution >= 0.6 is 0 Å². The normalized spacial score (nSPS) is 15.0. The summed E-state index contributed by atoms with van der Waals surface area (Å²) in [6.07, 6.45) is 3.82. The molecule has 1 amide bonds. The monoisotopic (exact) mass is 247 g/mol. The van der Waals surface area contributed by atoms with Crippen LogP contribution in [0.25, 0.3) is 0 Å². The summed E-state index contributed by atoms with van der Waals surface area (Å²) in [6.45, 7) is 3.65. The molecule has 0 unspecified atom stereocenters. The predicted molar refractivity (Wildman–Crippen MR) is 72.7 cm³/mol. The lowest BCUT2D eigenvalue weighted by molar-refractivity contribution is 0.0701. The van der Waals surface area contributed by atoms with Crippen molar-refractivity contribution >= 4 is 11.7 Å². The lowest BCUT2D eigenvalue weighted by Crippen LogP contribution is -2.37. The van der Waals surface area contributed by atoms with Crippen LogP contribution in [-0.2, 0) is 0 Å². The molecule has 18 heavy (non-hydrogen) atoms. The van der Waals surface area contributed by atoms with E-state index >= 15 is 0 Å². The van der Waals surface area contributed by atoms with Crippen molar-refractivity contribution in [1.82, 2.24) is 9.88 Å². The first-order valence-corrected chi connectivity index (χ1v) is 6.68. The maximum Gasteiger partial charge on any atom is 0.272 e. The summed E-state index contributed by atoms with van der Waals surface area (Å²) in [4.78, 5) is 18.6. The standard InChI is InChI=1S/C14H21N3O/c1-3-17(10-11-6-4-7-11)14(18)12-8-5-9-13(15-2)16-12/h5,8-9,11H,3-4,6-7,10H2,1-2H3,(H,15,16). The Morgan fingerprint density at radius 2 is 2.28 bits per heavy atom. The number of pyridine rings is 1. The van der Waals surface area contributed by atoms with Gasteiger partial charge >= 0.3 is 0 Å². The van der Waals surface area contributed by atoms with Crippen LogP contribution in [-0.4, -0.2) is 35.9 Å². The number of carbonyl (C=O) groups excluding carboxylic acids is 1. The average Bonchev–Trinajstić information content (AvgIpc) is 2.37. The molecule has 98 valence electrons. The molecule has 0 spiro atoms. The molecule has 0 aliphatic heterocycles. The number of rotatable bonds is 5. The van der Waals surface area contributed by atoms with Gasteiger partial charge in [-0.25, -0.2) is 4.98 Å². The molecule has 0 aromatic carbocycles. The zero-order valence-corrected chi connectivity index (χ0v) is 11.1. The highest BCUT2D eigenvalue weighted by molar-refractivity contribution is 5.92. The molecule has 1 aromatic rings. The van der Waals surface area contributed by atoms with Gasteiger partial charge in [-0.3, -0.25) is 4.79 Å². The molecule has 1 aliphatic carbocycles. The van der Waals surface area contributed by atoms with E-state index in [1.54, 1.807) is 6.07 Å². The van der Waals surface area contributed by atoms with Gasteiger partial charge in [0.05, 0.1) is 0 Å². The zero-order chi connectivity index (χ0) is 13.0. The number of amides is 1. The van der Waals surface area contributed by atoms with Crippen LogP contribution in [0.15, 0.2) is 18.2 Å². The molecule has 1 saturated carbocycles. The fourth-order valence-electron chi connectivity index (χ4n) is 2.20. The molecule has 4 heteroatoms. The third kappa shape index (κ3) is 2.81. The molecule has 1 heterocycles. The molecule has 0 bridgehead atoms. The van der Waals surface area contributed by atoms with E-state index in [1.165, 1.54) is 19.3 Å². The highest BCUT2D eigenvalue weighted by atomic mass is 16.2. The van der Waals surface area contributed by atoms with Crippen LogP contribution in [0.2, 0.25) is 0 Å². The summed E-state index contributed by atoms with van der Waals surface area (Å²) in [7, 11) is 1.81. The molecule has 0 saturated heterocycles. The Labute approximate surface area is 108 Å². The fourth-order valence-corrected chi connectivity index (χ4v) is 2.20. The summed E-state index contributed by atoms with van der Waals surface area (Å²) in [5.41, 5.74) is 0.531. The molecule has 0 atom stereocenters. The SMILES string of the molecule is CCN(CC1CCC1)C(=O)c1cccc(NC)n1. The number of anilines is 1. The first kappa shape index (κ1) is 12.9. The van der Waals surface area contributed by atoms with E-state index in [1.807, 2.05) is 31.0 Å². The van der Waals surface area contributed by atoms with Crippen LogP contribution in [0.4, 0.5) is 5.82 Å². The Morgan fingerprint density at radius 1 is 1.50 bits per heavy atom. The Kier molecular flexibility index (Phi) is 4.18. The molecule has 0 radical (unpaired) electrons. The van der Waals surface area contributed by atoms with Crippen molar-refractivity contribution in [2.24, 2.45) is 5.92 Å². The van der Waals surface area contributed by atoms with Gasteiger partial charge in [-0.1, -0.05) is 12.5 Å². The van der Waals surface area contributed by atoms with E-state index in [0.29, 0.717) is 11.6 Å². The summed E-state index contributed by atoms with van der Waals surface area (Å²) in [6, 6.07) is 5.51. The van der Waals surface area contributed by atoms with E-state index < -0.39 is 0 Å². The molecule has 1 aromatic heterocycles. The van der Waals surface area contributed by atoms with Crippen LogP contribution in [0.3, 0.4) is 0 Å². The minimum Gasteiger partial charge on any atom is -0.373 e. The number of carbonyl (C=O) groups is 1. The molecule has 1 aliphatic rings. The molecule has 1 fully saturated rings. The van der Waals surface area contributed by atoms with E-state index in [-0.39, 0.29) is 5.91 Å². The number of aromatic nitrogens is 1. The second kappa shape index (κ2) is 5.85. The first-order valence-electron chi connectivity index (χ1n) is 6.68. The number of nitrogens with one attached hydrogen (secondary N) is 1. The molecule has 2 rings (SSSR count). The van der Waals surface area contributed by atoms with E-state index in [2.05, 4.69) is 10.3 Å². The summed E-state index contributed by atoms with van der Waals surface area (Å²) in [5.74, 6) is 1.48. The highest BCUT2D eigenvalue weighted by Crippen LogP contribution is 2.27. The van der Waals surface area contributed by atoms with Crippen molar-refractivity contribution in [3.63, 3.8) is 0 Å². The lowest BCUT2D eigenvalue weighted by atomic mass is 9.85. The third-order valence-corrected chi connectivity index (χ3v) is 3.60. The minimum atomic E-state index is 0.0431. The number of nitrogens with zero attached hydrogens (tertiary/aromatic N) is 2. The van der Waals surface area contributed by atoms with Gasteiger partial charge in [0.2, 0.25) is 0 Å². The van der Waals surface area contributed by atoms with Gasteiger partial charge in [0.1, 0.15) is 11.5 Å². The number of hydrogen-bond donors (Lipinski definition) is 1. The fraction of sp³-hybridized carbons (Fsp3) is 0.571. The van der Waals surface area contributed by atoms with E-state index in [0.717, 1.165) is 18.9 Å². The maximum absolute atomic E-state index is 12.4. The van der Waals surface area contributed by atoms with E-state index in [4.69, 9.17) is 0 Å². The van der Waals surface area contributed by atoms with Gasteiger partial charge in [0, 0.05) is 20.1 Å². The quantitative estimate of drug-likeness (QED) is 0.869. The summed E-state index contributed by atoms with van der Waals surface area (Å²) < 4.78 is 0. The van der Waals surface area contributed by atoms with Crippen molar-refractivity contribution in [1.29, 1.82) is 0 Å². The Morgan fingerprint density at radius 3 is 2.83 bits per heavy atom. The molecular weight excluding hydrogens is 226 g/mol. The van der Waals surface area contributed by atoms with Gasteiger partial charge in [0.15, 0.2) is 0 Å². The van der Waals surface area contributed by atoms with Gasteiger partial charge in [0.25, 0.3) is 5.91 Å². The lowest BCUT2D eigenvalue weighted by Gasteiger charge is -2.31.